The zero-order chi connectivity index (χ0) is 23.8. The molecule has 6 nitrogen and oxygen atoms in total. The molecule has 3 heterocycles. The zero-order valence-electron chi connectivity index (χ0n) is 18.1. The molecule has 8 heteroatoms. The molecule has 0 saturated carbocycles. The lowest BCUT2D eigenvalue weighted by Gasteiger charge is -2.26. The van der Waals surface area contributed by atoms with Gasteiger partial charge in [-0.25, -0.2) is 9.18 Å². The predicted molar refractivity (Wildman–Crippen MR) is 130 cm³/mol. The number of nitrogens with one attached hydrogen (secondary N) is 1. The molecule has 1 saturated heterocycles. The third-order valence-corrected chi connectivity index (χ3v) is 6.17. The molecule has 2 N–H and O–H groups in total. The Morgan fingerprint density at radius 3 is 2.59 bits per heavy atom. The number of carbonyl (C=O) groups is 1. The van der Waals surface area contributed by atoms with E-state index in [-0.39, 0.29) is 23.5 Å². The molecule has 34 heavy (non-hydrogen) atoms. The van der Waals surface area contributed by atoms with E-state index in [1.165, 1.54) is 18.2 Å². The second kappa shape index (κ2) is 8.72. The van der Waals surface area contributed by atoms with E-state index >= 15 is 0 Å². The van der Waals surface area contributed by atoms with Gasteiger partial charge in [0.05, 0.1) is 17.3 Å². The number of benzene rings is 2. The number of rotatable bonds is 5. The molecule has 2 aromatic carbocycles. The van der Waals surface area contributed by atoms with Crippen LogP contribution in [0.15, 0.2) is 83.4 Å². The normalized spacial score (nSPS) is 17.6. The minimum Gasteiger partial charge on any atom is -0.478 e. The highest BCUT2D eigenvalue weighted by molar-refractivity contribution is 7.80. The van der Waals surface area contributed by atoms with E-state index in [1.807, 2.05) is 35.2 Å². The van der Waals surface area contributed by atoms with Gasteiger partial charge in [-0.05, 0) is 79.3 Å². The van der Waals surface area contributed by atoms with Gasteiger partial charge in [-0.2, -0.15) is 0 Å². The Morgan fingerprint density at radius 2 is 1.91 bits per heavy atom. The maximum Gasteiger partial charge on any atom is 0.335 e. The van der Waals surface area contributed by atoms with Crippen molar-refractivity contribution in [1.82, 2.24) is 10.3 Å². The molecular formula is C26H20FN3O3S. The van der Waals surface area contributed by atoms with Crippen LogP contribution in [0, 0.1) is 12.7 Å². The van der Waals surface area contributed by atoms with Crippen molar-refractivity contribution in [1.29, 1.82) is 0 Å². The lowest BCUT2D eigenvalue weighted by molar-refractivity contribution is 0.0697. The summed E-state index contributed by atoms with van der Waals surface area (Å²) in [5.74, 6) is -0.0348. The first-order chi connectivity index (χ1) is 16.4. The van der Waals surface area contributed by atoms with Crippen LogP contribution in [0.2, 0.25) is 0 Å². The van der Waals surface area contributed by atoms with Crippen LogP contribution in [0.1, 0.15) is 39.5 Å². The summed E-state index contributed by atoms with van der Waals surface area (Å²) in [7, 11) is 0. The highest BCUT2D eigenvalue weighted by Crippen LogP contribution is 2.43. The van der Waals surface area contributed by atoms with Crippen LogP contribution in [0.4, 0.5) is 10.1 Å². The highest BCUT2D eigenvalue weighted by Gasteiger charge is 2.42. The van der Waals surface area contributed by atoms with Crippen molar-refractivity contribution in [2.75, 3.05) is 4.90 Å². The number of hydrogen-bond acceptors (Lipinski definition) is 4. The van der Waals surface area contributed by atoms with E-state index in [9.17, 15) is 9.18 Å². The monoisotopic (exact) mass is 473 g/mol. The third-order valence-electron chi connectivity index (χ3n) is 5.85. The molecule has 0 spiro atoms. The van der Waals surface area contributed by atoms with Crippen molar-refractivity contribution in [3.8, 4) is 11.3 Å². The Bertz CT molecular complexity index is 1370. The van der Waals surface area contributed by atoms with Crippen molar-refractivity contribution in [3.63, 3.8) is 0 Å². The predicted octanol–water partition coefficient (Wildman–Crippen LogP) is 5.66. The van der Waals surface area contributed by atoms with Gasteiger partial charge in [0, 0.05) is 17.4 Å². The molecule has 1 aliphatic rings. The van der Waals surface area contributed by atoms with Gasteiger partial charge in [0.1, 0.15) is 23.4 Å². The summed E-state index contributed by atoms with van der Waals surface area (Å²) in [5.41, 5.74) is 3.00. The molecule has 4 aromatic rings. The average molecular weight is 474 g/mol. The molecule has 1 fully saturated rings. The smallest absolute Gasteiger partial charge is 0.335 e. The highest BCUT2D eigenvalue weighted by atomic mass is 32.1. The molecule has 2 atom stereocenters. The topological polar surface area (TPSA) is 78.6 Å². The maximum absolute atomic E-state index is 14.0. The zero-order valence-corrected chi connectivity index (χ0v) is 18.9. The summed E-state index contributed by atoms with van der Waals surface area (Å²) >= 11 is 5.69. The molecule has 5 rings (SSSR count). The minimum atomic E-state index is -0.985. The number of aromatic nitrogens is 1. The van der Waals surface area contributed by atoms with E-state index in [4.69, 9.17) is 21.7 Å². The van der Waals surface area contributed by atoms with Gasteiger partial charge >= 0.3 is 5.97 Å². The van der Waals surface area contributed by atoms with Gasteiger partial charge in [-0.15, -0.1) is 0 Å². The third kappa shape index (κ3) is 3.92. The Morgan fingerprint density at radius 1 is 1.12 bits per heavy atom. The van der Waals surface area contributed by atoms with Crippen molar-refractivity contribution in [3.05, 3.63) is 107 Å². The van der Waals surface area contributed by atoms with Crippen LogP contribution in [0.5, 0.6) is 0 Å². The van der Waals surface area contributed by atoms with Crippen LogP contribution in [-0.2, 0) is 0 Å². The van der Waals surface area contributed by atoms with E-state index < -0.39 is 5.97 Å². The lowest BCUT2D eigenvalue weighted by Crippen LogP contribution is -2.29. The molecule has 2 aromatic heterocycles. The first kappa shape index (κ1) is 21.8. The molecule has 0 radical (unpaired) electrons. The van der Waals surface area contributed by atoms with Crippen LogP contribution in [-0.4, -0.2) is 21.2 Å². The van der Waals surface area contributed by atoms with Crippen LogP contribution >= 0.6 is 12.2 Å². The van der Waals surface area contributed by atoms with Crippen molar-refractivity contribution >= 4 is 29.0 Å². The largest absolute Gasteiger partial charge is 0.478 e. The van der Waals surface area contributed by atoms with Crippen LogP contribution in [0.3, 0.4) is 0 Å². The lowest BCUT2D eigenvalue weighted by atomic mass is 10.0. The van der Waals surface area contributed by atoms with E-state index in [0.29, 0.717) is 22.2 Å². The van der Waals surface area contributed by atoms with Gasteiger partial charge in [-0.3, -0.25) is 4.98 Å². The summed E-state index contributed by atoms with van der Waals surface area (Å²) in [5, 5.41) is 13.0. The van der Waals surface area contributed by atoms with Crippen molar-refractivity contribution < 1.29 is 18.7 Å². The molecule has 0 amide bonds. The number of carboxylic acid groups (broad SMARTS) is 1. The number of thiocarbonyl (C=S) groups is 1. The summed E-state index contributed by atoms with van der Waals surface area (Å²) in [4.78, 5) is 17.6. The fourth-order valence-corrected chi connectivity index (χ4v) is 4.49. The quantitative estimate of drug-likeness (QED) is 0.362. The number of aryl methyl sites for hydroxylation is 1. The van der Waals surface area contributed by atoms with Gasteiger partial charge < -0.3 is 19.7 Å². The van der Waals surface area contributed by atoms with Gasteiger partial charge in [0.2, 0.25) is 0 Å². The second-order valence-electron chi connectivity index (χ2n) is 8.01. The Labute approximate surface area is 200 Å². The average Bonchev–Trinajstić information content (AvgIpc) is 3.46. The summed E-state index contributed by atoms with van der Waals surface area (Å²) < 4.78 is 20.3. The van der Waals surface area contributed by atoms with Gasteiger partial charge in [0.15, 0.2) is 5.11 Å². The molecule has 1 aliphatic heterocycles. The maximum atomic E-state index is 14.0. The van der Waals surface area contributed by atoms with Crippen LogP contribution in [0.25, 0.3) is 11.3 Å². The number of furan rings is 1. The molecule has 170 valence electrons. The van der Waals surface area contributed by atoms with Gasteiger partial charge in [-0.1, -0.05) is 18.2 Å². The molecular weight excluding hydrogens is 453 g/mol. The number of pyridine rings is 1. The van der Waals surface area contributed by atoms with E-state index in [0.717, 1.165) is 16.9 Å². The summed E-state index contributed by atoms with van der Waals surface area (Å²) in [6, 6.07) is 20.1. The van der Waals surface area contributed by atoms with Crippen molar-refractivity contribution in [2.45, 2.75) is 19.0 Å². The molecule has 0 unspecified atom stereocenters. The standard InChI is InChI=1S/C26H20FN3O3S/c1-15-14-18(9-10-19(15)27)30-24(23(29-26(30)34)20-4-2-3-13-28-20)22-12-11-21(33-22)16-5-7-17(8-6-16)25(31)32/h2-14,23-24H,1H3,(H,29,34)(H,31,32)/t23-,24+/m1/s1. The van der Waals surface area contributed by atoms with Crippen molar-refractivity contribution in [2.24, 2.45) is 0 Å². The minimum absolute atomic E-state index is 0.203. The fourth-order valence-electron chi connectivity index (χ4n) is 4.14. The first-order valence-corrected chi connectivity index (χ1v) is 11.0. The SMILES string of the molecule is Cc1cc(N2C(=S)N[C@H](c3ccccn3)[C@@H]2c2ccc(-c3ccc(C(=O)O)cc3)o2)ccc1F. The number of anilines is 1. The number of hydrogen-bond donors (Lipinski definition) is 2. The molecule has 0 aliphatic carbocycles. The first-order valence-electron chi connectivity index (χ1n) is 10.6. The van der Waals surface area contributed by atoms with Gasteiger partial charge in [0.25, 0.3) is 0 Å². The van der Waals surface area contributed by atoms with E-state index in [1.54, 1.807) is 37.4 Å². The Balaban J connectivity index is 1.57. The van der Waals surface area contributed by atoms with Crippen LogP contribution < -0.4 is 10.2 Å². The Hall–Kier alpha value is -4.04. The number of nitrogens with zero attached hydrogens (tertiary/aromatic N) is 2. The Kier molecular flexibility index (Phi) is 5.59. The number of aromatic carboxylic acids is 1. The summed E-state index contributed by atoms with van der Waals surface area (Å²) in [6.07, 6.45) is 1.72. The number of carboxylic acids is 1. The van der Waals surface area contributed by atoms with E-state index in [2.05, 4.69) is 10.3 Å². The number of halogens is 1. The second-order valence-corrected chi connectivity index (χ2v) is 8.40. The summed E-state index contributed by atoms with van der Waals surface area (Å²) in [6.45, 7) is 1.71. The molecule has 0 bridgehead atoms. The fraction of sp³-hybridized carbons (Fsp3) is 0.115.